The Morgan fingerprint density at radius 2 is 2.00 bits per heavy atom. The van der Waals surface area contributed by atoms with Crippen molar-refractivity contribution in [1.29, 1.82) is 0 Å². The maximum atomic E-state index is 11.2. The van der Waals surface area contributed by atoms with E-state index < -0.39 is 11.5 Å². The zero-order chi connectivity index (χ0) is 12.2. The van der Waals surface area contributed by atoms with Crippen molar-refractivity contribution in [3.05, 3.63) is 29.8 Å². The van der Waals surface area contributed by atoms with Gasteiger partial charge in [-0.2, -0.15) is 0 Å². The Kier molecular flexibility index (Phi) is 3.90. The lowest BCUT2D eigenvalue weighted by molar-refractivity contribution is -0.144. The van der Waals surface area contributed by atoms with E-state index in [4.69, 9.17) is 9.84 Å². The largest absolute Gasteiger partial charge is 0.494 e. The predicted molar refractivity (Wildman–Crippen MR) is 61.7 cm³/mol. The molecular weight excluding hydrogens is 206 g/mol. The van der Waals surface area contributed by atoms with E-state index in [0.29, 0.717) is 12.2 Å². The first-order chi connectivity index (χ1) is 7.54. The lowest BCUT2D eigenvalue weighted by atomic mass is 9.92. The van der Waals surface area contributed by atoms with E-state index in [-0.39, 0.29) is 0 Å². The van der Waals surface area contributed by atoms with Gasteiger partial charge < -0.3 is 15.2 Å². The molecule has 0 radical (unpaired) electrons. The molecule has 2 N–H and O–H groups in total. The lowest BCUT2D eigenvalue weighted by Crippen LogP contribution is -2.44. The van der Waals surface area contributed by atoms with Crippen molar-refractivity contribution in [2.75, 3.05) is 13.7 Å². The van der Waals surface area contributed by atoms with Gasteiger partial charge in [0.25, 0.3) is 0 Å². The number of rotatable bonds is 5. The van der Waals surface area contributed by atoms with Gasteiger partial charge in [-0.15, -0.1) is 0 Å². The average molecular weight is 223 g/mol. The molecule has 4 heteroatoms. The van der Waals surface area contributed by atoms with Crippen molar-refractivity contribution in [1.82, 2.24) is 5.32 Å². The van der Waals surface area contributed by atoms with Crippen LogP contribution >= 0.6 is 0 Å². The second-order valence-electron chi connectivity index (χ2n) is 3.64. The standard InChI is InChI=1S/C12H17NO3/c1-4-16-10-7-5-9(6-8-10)12(2,13-3)11(14)15/h5-8,13H,4H2,1-3H3,(H,14,15). The van der Waals surface area contributed by atoms with Gasteiger partial charge in [-0.05, 0) is 38.6 Å². The van der Waals surface area contributed by atoms with Gasteiger partial charge in [0, 0.05) is 0 Å². The van der Waals surface area contributed by atoms with Crippen LogP contribution in [0.4, 0.5) is 0 Å². The number of likely N-dealkylation sites (N-methyl/N-ethyl adjacent to an activating group) is 1. The van der Waals surface area contributed by atoms with Crippen LogP contribution in [-0.4, -0.2) is 24.7 Å². The molecule has 1 aromatic carbocycles. The molecule has 0 bridgehead atoms. The van der Waals surface area contributed by atoms with Crippen molar-refractivity contribution < 1.29 is 14.6 Å². The van der Waals surface area contributed by atoms with E-state index in [0.717, 1.165) is 5.75 Å². The minimum atomic E-state index is -1.06. The van der Waals surface area contributed by atoms with Gasteiger partial charge in [0.15, 0.2) is 0 Å². The highest BCUT2D eigenvalue weighted by Crippen LogP contribution is 2.23. The van der Waals surface area contributed by atoms with Gasteiger partial charge in [0.05, 0.1) is 6.61 Å². The number of carbonyl (C=O) groups is 1. The van der Waals surface area contributed by atoms with E-state index in [1.165, 1.54) is 0 Å². The zero-order valence-electron chi connectivity index (χ0n) is 9.78. The third kappa shape index (κ3) is 2.33. The maximum absolute atomic E-state index is 11.2. The summed E-state index contributed by atoms with van der Waals surface area (Å²) in [5, 5.41) is 12.0. The van der Waals surface area contributed by atoms with E-state index in [1.807, 2.05) is 6.92 Å². The van der Waals surface area contributed by atoms with Crippen LogP contribution in [0.25, 0.3) is 0 Å². The van der Waals surface area contributed by atoms with Gasteiger partial charge in [0.1, 0.15) is 11.3 Å². The summed E-state index contributed by atoms with van der Waals surface area (Å²) in [5.41, 5.74) is -0.365. The van der Waals surface area contributed by atoms with E-state index in [2.05, 4.69) is 5.32 Å². The predicted octanol–water partition coefficient (Wildman–Crippen LogP) is 1.60. The van der Waals surface area contributed by atoms with Crippen LogP contribution in [0.5, 0.6) is 5.75 Å². The van der Waals surface area contributed by atoms with Gasteiger partial charge in [-0.3, -0.25) is 0 Å². The summed E-state index contributed by atoms with van der Waals surface area (Å²) < 4.78 is 5.30. The SMILES string of the molecule is CCOc1ccc(C(C)(NC)C(=O)O)cc1. The Labute approximate surface area is 95.2 Å². The molecule has 1 rings (SSSR count). The Morgan fingerprint density at radius 3 is 2.38 bits per heavy atom. The summed E-state index contributed by atoms with van der Waals surface area (Å²) in [6.45, 7) is 4.13. The molecule has 88 valence electrons. The molecule has 0 saturated heterocycles. The molecule has 0 aliphatic carbocycles. The van der Waals surface area contributed by atoms with Crippen molar-refractivity contribution in [2.45, 2.75) is 19.4 Å². The number of carboxylic acid groups (broad SMARTS) is 1. The summed E-state index contributed by atoms with van der Waals surface area (Å²) >= 11 is 0. The topological polar surface area (TPSA) is 58.6 Å². The molecule has 16 heavy (non-hydrogen) atoms. The molecule has 0 aliphatic rings. The number of benzene rings is 1. The highest BCUT2D eigenvalue weighted by Gasteiger charge is 2.33. The van der Waals surface area contributed by atoms with Gasteiger partial charge in [0.2, 0.25) is 0 Å². The quantitative estimate of drug-likeness (QED) is 0.796. The van der Waals surface area contributed by atoms with Crippen LogP contribution in [0.15, 0.2) is 24.3 Å². The molecule has 0 amide bonds. The Bertz CT molecular complexity index is 361. The van der Waals surface area contributed by atoms with Crippen LogP contribution in [0.1, 0.15) is 19.4 Å². The number of ether oxygens (including phenoxy) is 1. The minimum absolute atomic E-state index is 0.599. The molecule has 0 heterocycles. The fraction of sp³-hybridized carbons (Fsp3) is 0.417. The summed E-state index contributed by atoms with van der Waals surface area (Å²) in [6.07, 6.45) is 0. The highest BCUT2D eigenvalue weighted by atomic mass is 16.5. The molecule has 1 atom stereocenters. The third-order valence-electron chi connectivity index (χ3n) is 2.67. The molecule has 0 aromatic heterocycles. The van der Waals surface area contributed by atoms with Crippen LogP contribution in [0, 0.1) is 0 Å². The monoisotopic (exact) mass is 223 g/mol. The highest BCUT2D eigenvalue weighted by molar-refractivity contribution is 5.80. The molecular formula is C12H17NO3. The van der Waals surface area contributed by atoms with E-state index >= 15 is 0 Å². The van der Waals surface area contributed by atoms with Crippen molar-refractivity contribution in [3.63, 3.8) is 0 Å². The van der Waals surface area contributed by atoms with Crippen molar-refractivity contribution >= 4 is 5.97 Å². The van der Waals surface area contributed by atoms with Crippen LogP contribution in [0.2, 0.25) is 0 Å². The van der Waals surface area contributed by atoms with Crippen LogP contribution in [0.3, 0.4) is 0 Å². The maximum Gasteiger partial charge on any atom is 0.328 e. The summed E-state index contributed by atoms with van der Waals surface area (Å²) in [6, 6.07) is 7.07. The van der Waals surface area contributed by atoms with Crippen molar-refractivity contribution in [2.24, 2.45) is 0 Å². The van der Waals surface area contributed by atoms with Crippen molar-refractivity contribution in [3.8, 4) is 5.75 Å². The number of hydrogen-bond donors (Lipinski definition) is 2. The molecule has 1 unspecified atom stereocenters. The molecule has 1 aromatic rings. The van der Waals surface area contributed by atoms with E-state index in [1.54, 1.807) is 38.2 Å². The van der Waals surface area contributed by atoms with Gasteiger partial charge in [-0.25, -0.2) is 4.79 Å². The minimum Gasteiger partial charge on any atom is -0.494 e. The van der Waals surface area contributed by atoms with Gasteiger partial charge in [-0.1, -0.05) is 12.1 Å². The molecule has 0 saturated carbocycles. The fourth-order valence-corrected chi connectivity index (χ4v) is 1.43. The van der Waals surface area contributed by atoms with Crippen LogP contribution in [-0.2, 0) is 10.3 Å². The Morgan fingerprint density at radius 1 is 1.44 bits per heavy atom. The Hall–Kier alpha value is -1.55. The normalized spacial score (nSPS) is 14.2. The third-order valence-corrected chi connectivity index (χ3v) is 2.67. The first kappa shape index (κ1) is 12.5. The summed E-state index contributed by atoms with van der Waals surface area (Å²) in [7, 11) is 1.63. The molecule has 0 aliphatic heterocycles. The molecule has 0 fully saturated rings. The fourth-order valence-electron chi connectivity index (χ4n) is 1.43. The Balaban J connectivity index is 2.99. The summed E-state index contributed by atoms with van der Waals surface area (Å²) in [4.78, 5) is 11.2. The second kappa shape index (κ2) is 4.99. The first-order valence-electron chi connectivity index (χ1n) is 5.20. The van der Waals surface area contributed by atoms with Crippen LogP contribution < -0.4 is 10.1 Å². The lowest BCUT2D eigenvalue weighted by Gasteiger charge is -2.24. The van der Waals surface area contributed by atoms with E-state index in [9.17, 15) is 4.79 Å². The number of aliphatic carboxylic acids is 1. The number of hydrogen-bond acceptors (Lipinski definition) is 3. The molecule has 4 nitrogen and oxygen atoms in total. The summed E-state index contributed by atoms with van der Waals surface area (Å²) in [5.74, 6) is -0.158. The smallest absolute Gasteiger partial charge is 0.328 e. The zero-order valence-corrected chi connectivity index (χ0v) is 9.78. The molecule has 0 spiro atoms. The second-order valence-corrected chi connectivity index (χ2v) is 3.64. The number of nitrogens with one attached hydrogen (secondary N) is 1. The average Bonchev–Trinajstić information content (AvgIpc) is 2.29. The first-order valence-corrected chi connectivity index (χ1v) is 5.20. The number of carboxylic acids is 1. The van der Waals surface area contributed by atoms with Gasteiger partial charge >= 0.3 is 5.97 Å².